The molecule has 3 aromatic carbocycles. The molecule has 2 aliphatic heterocycles. The molecule has 2 heterocycles. The number of anilines is 1. The first-order chi connectivity index (χ1) is 12.6. The van der Waals surface area contributed by atoms with Gasteiger partial charge in [-0.05, 0) is 37.1 Å². The third-order valence-corrected chi connectivity index (χ3v) is 6.05. The van der Waals surface area contributed by atoms with E-state index in [1.165, 1.54) is 0 Å². The molecular formula is C22H21NO3. The number of hydrogen-bond acceptors (Lipinski definition) is 4. The lowest BCUT2D eigenvalue weighted by Gasteiger charge is -2.44. The van der Waals surface area contributed by atoms with Crippen molar-refractivity contribution in [2.45, 2.75) is 25.0 Å². The van der Waals surface area contributed by atoms with Crippen LogP contribution in [-0.2, 0) is 10.3 Å². The lowest BCUT2D eigenvalue weighted by atomic mass is 9.72. The monoisotopic (exact) mass is 347 g/mol. The van der Waals surface area contributed by atoms with Crippen molar-refractivity contribution in [2.75, 3.05) is 11.9 Å². The van der Waals surface area contributed by atoms with Crippen LogP contribution < -0.4 is 5.32 Å². The zero-order valence-electron chi connectivity index (χ0n) is 14.6. The van der Waals surface area contributed by atoms with E-state index >= 15 is 0 Å². The summed E-state index contributed by atoms with van der Waals surface area (Å²) in [7, 11) is 0. The lowest BCUT2D eigenvalue weighted by molar-refractivity contribution is -0.0178. The summed E-state index contributed by atoms with van der Waals surface area (Å²) in [4.78, 5) is 0. The summed E-state index contributed by atoms with van der Waals surface area (Å²) in [5.74, 6) is 0.811. The molecule has 1 fully saturated rings. The highest BCUT2D eigenvalue weighted by Gasteiger charge is 2.51. The molecule has 2 aliphatic rings. The second kappa shape index (κ2) is 5.39. The number of benzene rings is 3. The van der Waals surface area contributed by atoms with Crippen molar-refractivity contribution in [3.05, 3.63) is 65.7 Å². The highest BCUT2D eigenvalue weighted by atomic mass is 16.5. The van der Waals surface area contributed by atoms with E-state index in [0.29, 0.717) is 12.4 Å². The molecule has 0 spiro atoms. The fourth-order valence-electron chi connectivity index (χ4n) is 4.70. The molecule has 4 heteroatoms. The molecule has 0 aromatic heterocycles. The minimum atomic E-state index is -0.454. The fourth-order valence-corrected chi connectivity index (χ4v) is 4.70. The minimum absolute atomic E-state index is 0.0866. The van der Waals surface area contributed by atoms with Gasteiger partial charge < -0.3 is 20.3 Å². The molecular weight excluding hydrogens is 326 g/mol. The molecule has 5 rings (SSSR count). The van der Waals surface area contributed by atoms with Gasteiger partial charge in [-0.15, -0.1) is 0 Å². The van der Waals surface area contributed by atoms with E-state index < -0.39 is 5.60 Å². The molecule has 4 nitrogen and oxygen atoms in total. The smallest absolute Gasteiger partial charge is 0.123 e. The first-order valence-corrected chi connectivity index (χ1v) is 9.02. The van der Waals surface area contributed by atoms with Gasteiger partial charge in [-0.2, -0.15) is 0 Å². The number of fused-ring (bicyclic) bond motifs is 5. The van der Waals surface area contributed by atoms with Gasteiger partial charge in [0.25, 0.3) is 0 Å². The standard InChI is InChI=1S/C22H21NO3/c1-22-17(10-11-26-22)20(13-6-8-14(24)9-7-13)23-21-16-5-3-2-4-15(16)19(25)12-18(21)22/h2-9,12,17,20,23-25H,10-11H2,1H3/t17-,20+,22-/m0/s1. The Morgan fingerprint density at radius 1 is 1.04 bits per heavy atom. The van der Waals surface area contributed by atoms with Crippen LogP contribution >= 0.6 is 0 Å². The predicted octanol–water partition coefficient (Wildman–Crippen LogP) is 4.67. The van der Waals surface area contributed by atoms with Gasteiger partial charge in [0.1, 0.15) is 11.5 Å². The van der Waals surface area contributed by atoms with E-state index in [-0.39, 0.29) is 17.7 Å². The topological polar surface area (TPSA) is 61.7 Å². The van der Waals surface area contributed by atoms with Gasteiger partial charge in [-0.25, -0.2) is 0 Å². The molecule has 0 amide bonds. The average Bonchev–Trinajstić information content (AvgIpc) is 3.06. The molecule has 132 valence electrons. The molecule has 0 bridgehead atoms. The molecule has 3 N–H and O–H groups in total. The van der Waals surface area contributed by atoms with Crippen molar-refractivity contribution in [2.24, 2.45) is 5.92 Å². The van der Waals surface area contributed by atoms with E-state index in [0.717, 1.165) is 34.0 Å². The molecule has 0 aliphatic carbocycles. The van der Waals surface area contributed by atoms with Gasteiger partial charge in [0.05, 0.1) is 11.6 Å². The van der Waals surface area contributed by atoms with Crippen LogP contribution in [0.4, 0.5) is 5.69 Å². The first kappa shape index (κ1) is 15.5. The Hall–Kier alpha value is -2.72. The Bertz CT molecular complexity index is 998. The summed E-state index contributed by atoms with van der Waals surface area (Å²) in [5, 5.41) is 25.8. The Morgan fingerprint density at radius 2 is 1.77 bits per heavy atom. The summed E-state index contributed by atoms with van der Waals surface area (Å²) in [6, 6.07) is 17.2. The van der Waals surface area contributed by atoms with Crippen molar-refractivity contribution in [1.29, 1.82) is 0 Å². The molecule has 26 heavy (non-hydrogen) atoms. The maximum atomic E-state index is 10.6. The van der Waals surface area contributed by atoms with Crippen LogP contribution in [0.3, 0.4) is 0 Å². The van der Waals surface area contributed by atoms with Crippen molar-refractivity contribution in [3.63, 3.8) is 0 Å². The lowest BCUT2D eigenvalue weighted by Crippen LogP contribution is -2.40. The van der Waals surface area contributed by atoms with E-state index in [9.17, 15) is 10.2 Å². The SMILES string of the molecule is C[C@]12OCC[C@H]1[C@@H](c1ccc(O)cc1)Nc1c2cc(O)c2ccccc12. The highest BCUT2D eigenvalue weighted by Crippen LogP contribution is 2.56. The summed E-state index contributed by atoms with van der Waals surface area (Å²) >= 11 is 0. The normalized spacial score (nSPS) is 27.0. The minimum Gasteiger partial charge on any atom is -0.508 e. The highest BCUT2D eigenvalue weighted by molar-refractivity contribution is 6.00. The van der Waals surface area contributed by atoms with Crippen LogP contribution in [0.1, 0.15) is 30.5 Å². The number of rotatable bonds is 1. The number of hydrogen-bond donors (Lipinski definition) is 3. The second-order valence-corrected chi connectivity index (χ2v) is 7.43. The van der Waals surface area contributed by atoms with Crippen LogP contribution in [0.25, 0.3) is 10.8 Å². The van der Waals surface area contributed by atoms with Crippen molar-refractivity contribution >= 4 is 16.5 Å². The van der Waals surface area contributed by atoms with E-state index in [1.807, 2.05) is 42.5 Å². The molecule has 0 unspecified atom stereocenters. The molecule has 1 saturated heterocycles. The summed E-state index contributed by atoms with van der Waals surface area (Å²) in [5.41, 5.74) is 2.72. The number of phenolic OH excluding ortho intramolecular Hbond substituents is 2. The van der Waals surface area contributed by atoms with Crippen molar-refractivity contribution < 1.29 is 14.9 Å². The van der Waals surface area contributed by atoms with Gasteiger partial charge in [0.2, 0.25) is 0 Å². The largest absolute Gasteiger partial charge is 0.508 e. The average molecular weight is 347 g/mol. The first-order valence-electron chi connectivity index (χ1n) is 9.02. The van der Waals surface area contributed by atoms with Gasteiger partial charge in [-0.3, -0.25) is 0 Å². The van der Waals surface area contributed by atoms with Crippen molar-refractivity contribution in [3.8, 4) is 11.5 Å². The maximum Gasteiger partial charge on any atom is 0.123 e. The zero-order chi connectivity index (χ0) is 17.9. The van der Waals surface area contributed by atoms with Crippen LogP contribution in [0.15, 0.2) is 54.6 Å². The number of nitrogens with one attached hydrogen (secondary N) is 1. The Balaban J connectivity index is 1.75. The van der Waals surface area contributed by atoms with Gasteiger partial charge in [0, 0.05) is 34.5 Å². The predicted molar refractivity (Wildman–Crippen MR) is 101 cm³/mol. The number of aromatic hydroxyl groups is 2. The third kappa shape index (κ3) is 2.05. The van der Waals surface area contributed by atoms with Crippen LogP contribution in [0.2, 0.25) is 0 Å². The Morgan fingerprint density at radius 3 is 2.54 bits per heavy atom. The maximum absolute atomic E-state index is 10.6. The van der Waals surface area contributed by atoms with Gasteiger partial charge in [-0.1, -0.05) is 36.4 Å². The zero-order valence-corrected chi connectivity index (χ0v) is 14.6. The fraction of sp³-hybridized carbons (Fsp3) is 0.273. The van der Waals surface area contributed by atoms with E-state index in [4.69, 9.17) is 4.74 Å². The summed E-state index contributed by atoms with van der Waals surface area (Å²) in [6.07, 6.45) is 0.946. The van der Waals surface area contributed by atoms with Crippen LogP contribution in [0.5, 0.6) is 11.5 Å². The second-order valence-electron chi connectivity index (χ2n) is 7.43. The molecule has 0 saturated carbocycles. The molecule has 0 radical (unpaired) electrons. The Labute approximate surface area is 152 Å². The van der Waals surface area contributed by atoms with Crippen molar-refractivity contribution in [1.82, 2.24) is 0 Å². The molecule has 3 aromatic rings. The van der Waals surface area contributed by atoms with Gasteiger partial charge >= 0.3 is 0 Å². The van der Waals surface area contributed by atoms with E-state index in [1.54, 1.807) is 12.1 Å². The Kier molecular flexibility index (Phi) is 3.22. The number of ether oxygens (including phenoxy) is 1. The molecule has 3 atom stereocenters. The van der Waals surface area contributed by atoms with Crippen LogP contribution in [0, 0.1) is 5.92 Å². The van der Waals surface area contributed by atoms with E-state index in [2.05, 4.69) is 12.2 Å². The summed E-state index contributed by atoms with van der Waals surface area (Å²) < 4.78 is 6.25. The third-order valence-electron chi connectivity index (χ3n) is 6.05. The number of phenols is 2. The van der Waals surface area contributed by atoms with Gasteiger partial charge in [0.15, 0.2) is 0 Å². The van der Waals surface area contributed by atoms with Crippen LogP contribution in [-0.4, -0.2) is 16.8 Å². The quantitative estimate of drug-likeness (QED) is 0.560. The summed E-state index contributed by atoms with van der Waals surface area (Å²) in [6.45, 7) is 2.83.